The Labute approximate surface area is 117 Å². The van der Waals surface area contributed by atoms with Crippen LogP contribution in [0.25, 0.3) is 0 Å². The van der Waals surface area contributed by atoms with E-state index in [0.717, 1.165) is 0 Å². The molecular weight excluding hydrogens is 262 g/mol. The number of rotatable bonds is 6. The molecule has 1 N–H and O–H groups in total. The first-order chi connectivity index (χ1) is 8.53. The Kier molecular flexibility index (Phi) is 6.72. The highest BCUT2D eigenvalue weighted by atomic mass is 28.4. The molecule has 0 unspecified atom stereocenters. The molecule has 0 saturated carbocycles. The SMILES string of the molecule is CNC(=O)C[C@@H](CC(=O)OC)O[Si](C)(C)C(C)(C)C. The lowest BCUT2D eigenvalue weighted by Gasteiger charge is -2.39. The molecule has 0 saturated heterocycles. The second-order valence-corrected chi connectivity index (χ2v) is 10.9. The van der Waals surface area contributed by atoms with Gasteiger partial charge in [-0.3, -0.25) is 9.59 Å². The van der Waals surface area contributed by atoms with Gasteiger partial charge in [0.1, 0.15) is 0 Å². The molecule has 0 aromatic heterocycles. The van der Waals surface area contributed by atoms with Crippen molar-refractivity contribution >= 4 is 20.2 Å². The van der Waals surface area contributed by atoms with Gasteiger partial charge in [0, 0.05) is 7.05 Å². The lowest BCUT2D eigenvalue weighted by Crippen LogP contribution is -2.45. The van der Waals surface area contributed by atoms with Crippen molar-refractivity contribution < 1.29 is 18.8 Å². The number of nitrogens with one attached hydrogen (secondary N) is 1. The van der Waals surface area contributed by atoms with Gasteiger partial charge in [0.2, 0.25) is 5.91 Å². The van der Waals surface area contributed by atoms with Crippen LogP contribution in [0, 0.1) is 0 Å². The highest BCUT2D eigenvalue weighted by molar-refractivity contribution is 6.74. The Morgan fingerprint density at radius 3 is 2.11 bits per heavy atom. The largest absolute Gasteiger partial charge is 0.469 e. The first-order valence-corrected chi connectivity index (χ1v) is 9.39. The zero-order valence-corrected chi connectivity index (χ0v) is 14.1. The fourth-order valence-corrected chi connectivity index (χ4v) is 2.68. The van der Waals surface area contributed by atoms with Gasteiger partial charge in [0.25, 0.3) is 0 Å². The van der Waals surface area contributed by atoms with E-state index in [9.17, 15) is 9.59 Å². The predicted molar refractivity (Wildman–Crippen MR) is 77.4 cm³/mol. The molecule has 0 spiro atoms. The van der Waals surface area contributed by atoms with Crippen molar-refractivity contribution in [3.63, 3.8) is 0 Å². The molecule has 0 aliphatic rings. The molecule has 0 bridgehead atoms. The summed E-state index contributed by atoms with van der Waals surface area (Å²) in [6.07, 6.45) is -0.137. The smallest absolute Gasteiger partial charge is 0.308 e. The molecule has 0 aliphatic carbocycles. The summed E-state index contributed by atoms with van der Waals surface area (Å²) in [6.45, 7) is 10.6. The van der Waals surface area contributed by atoms with Gasteiger partial charge < -0.3 is 14.5 Å². The number of amides is 1. The summed E-state index contributed by atoms with van der Waals surface area (Å²) < 4.78 is 10.8. The molecule has 0 fully saturated rings. The van der Waals surface area contributed by atoms with E-state index in [1.165, 1.54) is 7.11 Å². The van der Waals surface area contributed by atoms with Crippen molar-refractivity contribution in [1.29, 1.82) is 0 Å². The van der Waals surface area contributed by atoms with Crippen LogP contribution in [0.3, 0.4) is 0 Å². The normalized spacial score (nSPS) is 13.8. The van der Waals surface area contributed by atoms with E-state index in [1.807, 2.05) is 0 Å². The van der Waals surface area contributed by atoms with Crippen molar-refractivity contribution in [3.8, 4) is 0 Å². The maximum atomic E-state index is 11.5. The Hall–Kier alpha value is -0.883. The molecule has 0 rings (SSSR count). The molecule has 5 nitrogen and oxygen atoms in total. The van der Waals surface area contributed by atoms with Crippen LogP contribution in [0.2, 0.25) is 18.1 Å². The van der Waals surface area contributed by atoms with Gasteiger partial charge in [0.15, 0.2) is 8.32 Å². The predicted octanol–water partition coefficient (Wildman–Crippen LogP) is 2.08. The summed E-state index contributed by atoms with van der Waals surface area (Å²) in [7, 11) is 0.897. The van der Waals surface area contributed by atoms with Gasteiger partial charge in [-0.1, -0.05) is 20.8 Å². The van der Waals surface area contributed by atoms with Gasteiger partial charge in [0.05, 0.1) is 26.1 Å². The standard InChI is InChI=1S/C13H27NO4Si/c1-13(2,3)19(6,7)18-10(8-11(15)14-4)9-12(16)17-5/h10H,8-9H2,1-7H3,(H,14,15)/t10-/m0/s1. The highest BCUT2D eigenvalue weighted by Gasteiger charge is 2.39. The molecule has 19 heavy (non-hydrogen) atoms. The van der Waals surface area contributed by atoms with Crippen LogP contribution >= 0.6 is 0 Å². The maximum absolute atomic E-state index is 11.5. The van der Waals surface area contributed by atoms with Crippen LogP contribution < -0.4 is 5.32 Å². The fraction of sp³-hybridized carbons (Fsp3) is 0.846. The van der Waals surface area contributed by atoms with Crippen molar-refractivity contribution in [2.75, 3.05) is 14.2 Å². The number of esters is 1. The molecule has 1 amide bonds. The third kappa shape index (κ3) is 6.20. The molecule has 112 valence electrons. The Balaban J connectivity index is 4.84. The first-order valence-electron chi connectivity index (χ1n) is 6.48. The van der Waals surface area contributed by atoms with E-state index in [4.69, 9.17) is 4.43 Å². The molecule has 0 aromatic carbocycles. The lowest BCUT2D eigenvalue weighted by atomic mass is 10.2. The van der Waals surface area contributed by atoms with Crippen LogP contribution in [-0.4, -0.2) is 40.5 Å². The highest BCUT2D eigenvalue weighted by Crippen LogP contribution is 2.38. The second-order valence-electron chi connectivity index (χ2n) is 6.16. The molecular formula is C13H27NO4Si. The summed E-state index contributed by atoms with van der Waals surface area (Å²) in [6, 6.07) is 0. The average molecular weight is 289 g/mol. The summed E-state index contributed by atoms with van der Waals surface area (Å²) in [5, 5.41) is 2.59. The Morgan fingerprint density at radius 1 is 1.21 bits per heavy atom. The fourth-order valence-electron chi connectivity index (χ4n) is 1.33. The monoisotopic (exact) mass is 289 g/mol. The first kappa shape index (κ1) is 18.1. The van der Waals surface area contributed by atoms with Crippen molar-refractivity contribution in [2.24, 2.45) is 0 Å². The van der Waals surface area contributed by atoms with Crippen molar-refractivity contribution in [1.82, 2.24) is 5.32 Å². The topological polar surface area (TPSA) is 64.6 Å². The van der Waals surface area contributed by atoms with E-state index >= 15 is 0 Å². The summed E-state index contributed by atoms with van der Waals surface area (Å²) in [5.74, 6) is -0.486. The minimum atomic E-state index is -2.01. The second kappa shape index (κ2) is 7.05. The number of methoxy groups -OCH3 is 1. The van der Waals surface area contributed by atoms with Crippen LogP contribution in [0.15, 0.2) is 0 Å². The number of carbonyl (C=O) groups is 2. The summed E-state index contributed by atoms with van der Waals surface area (Å²) >= 11 is 0. The van der Waals surface area contributed by atoms with E-state index in [1.54, 1.807) is 7.05 Å². The minimum absolute atomic E-state index is 0.0318. The molecule has 0 aliphatic heterocycles. The van der Waals surface area contributed by atoms with Crippen LogP contribution in [-0.2, 0) is 18.8 Å². The summed E-state index contributed by atoms with van der Waals surface area (Å²) in [4.78, 5) is 22.9. The number of hydrogen-bond acceptors (Lipinski definition) is 4. The van der Waals surface area contributed by atoms with E-state index in [0.29, 0.717) is 0 Å². The minimum Gasteiger partial charge on any atom is -0.469 e. The van der Waals surface area contributed by atoms with Gasteiger partial charge in [-0.2, -0.15) is 0 Å². The van der Waals surface area contributed by atoms with E-state index < -0.39 is 14.4 Å². The van der Waals surface area contributed by atoms with Crippen molar-refractivity contribution in [3.05, 3.63) is 0 Å². The molecule has 0 aromatic rings. The van der Waals surface area contributed by atoms with Gasteiger partial charge >= 0.3 is 5.97 Å². The maximum Gasteiger partial charge on any atom is 0.308 e. The Bertz CT molecular complexity index is 305. The zero-order valence-electron chi connectivity index (χ0n) is 13.1. The quantitative estimate of drug-likeness (QED) is 0.600. The third-order valence-electron chi connectivity index (χ3n) is 3.58. The lowest BCUT2D eigenvalue weighted by molar-refractivity contribution is -0.142. The molecule has 6 heteroatoms. The average Bonchev–Trinajstić information content (AvgIpc) is 2.26. The number of hydrogen-bond donors (Lipinski definition) is 1. The molecule has 0 radical (unpaired) electrons. The van der Waals surface area contributed by atoms with Gasteiger partial charge in [-0.25, -0.2) is 0 Å². The van der Waals surface area contributed by atoms with Gasteiger partial charge in [-0.05, 0) is 18.1 Å². The third-order valence-corrected chi connectivity index (χ3v) is 8.12. The van der Waals surface area contributed by atoms with Gasteiger partial charge in [-0.15, -0.1) is 0 Å². The van der Waals surface area contributed by atoms with E-state index in [2.05, 4.69) is 43.9 Å². The molecule has 0 heterocycles. The van der Waals surface area contributed by atoms with Crippen molar-refractivity contribution in [2.45, 2.75) is 57.8 Å². The van der Waals surface area contributed by atoms with Crippen LogP contribution in [0.5, 0.6) is 0 Å². The van der Waals surface area contributed by atoms with E-state index in [-0.39, 0.29) is 29.8 Å². The summed E-state index contributed by atoms with van der Waals surface area (Å²) in [5.41, 5.74) is 0. The zero-order chi connectivity index (χ0) is 15.3. The van der Waals surface area contributed by atoms with Crippen LogP contribution in [0.1, 0.15) is 33.6 Å². The number of ether oxygens (including phenoxy) is 1. The van der Waals surface area contributed by atoms with Crippen LogP contribution in [0.4, 0.5) is 0 Å². The Morgan fingerprint density at radius 2 is 1.74 bits per heavy atom. The number of carbonyl (C=O) groups excluding carboxylic acids is 2. The molecule has 1 atom stereocenters.